The summed E-state index contributed by atoms with van der Waals surface area (Å²) < 4.78 is 9.89. The van der Waals surface area contributed by atoms with Crippen molar-refractivity contribution < 1.29 is 74.9 Å². The number of hydrogen-bond acceptors (Lipinski definition) is 2. The van der Waals surface area contributed by atoms with Crippen LogP contribution >= 0.6 is 16.3 Å². The van der Waals surface area contributed by atoms with Crippen molar-refractivity contribution in [3.8, 4) is 0 Å². The minimum atomic E-state index is -1.39. The molecule has 2 saturated heterocycles. The van der Waals surface area contributed by atoms with Crippen LogP contribution in [0.3, 0.4) is 0 Å². The van der Waals surface area contributed by atoms with Gasteiger partial charge in [-0.05, 0) is 94.7 Å². The van der Waals surface area contributed by atoms with Gasteiger partial charge in [0.15, 0.2) is 0 Å². The van der Waals surface area contributed by atoms with Crippen molar-refractivity contribution in [3.63, 3.8) is 0 Å². The second-order valence-electron chi connectivity index (χ2n) is 19.7. The predicted octanol–water partition coefficient (Wildman–Crippen LogP) is 14.4. The van der Waals surface area contributed by atoms with Gasteiger partial charge in [-0.25, -0.2) is 0 Å². The number of ether oxygens (including phenoxy) is 2. The molecular weight excluding hydrogens is 985 g/mol. The SMILES string of the molecule is C1CCOC1.C1CCOC1.C[C]1[C](C)[C](C)[C]([Si](C)(C)Pc2ccccc2)[C]1C.C[C]1[C](C)[C](C)[C]([Si](C)(C)Pc2ccccc2)[C]1C.[CH2-][Si](C)(C)C.[CH2-][Si](C)(C)C.[Y].[Y]. The monoisotopic (exact) mass is 1070 g/mol. The van der Waals surface area contributed by atoms with Crippen LogP contribution in [-0.2, 0) is 74.9 Å². The molecule has 2 aliphatic carbocycles. The van der Waals surface area contributed by atoms with E-state index in [4.69, 9.17) is 9.47 Å². The molecule has 2 unspecified atom stereocenters. The van der Waals surface area contributed by atoms with Gasteiger partial charge in [0.05, 0.1) is 15.5 Å². The van der Waals surface area contributed by atoms with Crippen LogP contribution in [0.15, 0.2) is 60.7 Å². The molecular formula is C50H86O2P2Si4Y2-2. The Labute approximate surface area is 433 Å². The predicted molar refractivity (Wildman–Crippen MR) is 279 cm³/mol. The summed E-state index contributed by atoms with van der Waals surface area (Å²) in [7, 11) is -2.61. The third-order valence-corrected chi connectivity index (χ3v) is 23.7. The van der Waals surface area contributed by atoms with E-state index in [2.05, 4.69) is 195 Å². The zero-order valence-electron chi connectivity index (χ0n) is 41.8. The van der Waals surface area contributed by atoms with E-state index in [0.29, 0.717) is 0 Å². The van der Waals surface area contributed by atoms with Crippen LogP contribution in [0.5, 0.6) is 0 Å². The minimum Gasteiger partial charge on any atom is -0.381 e. The van der Waals surface area contributed by atoms with Gasteiger partial charge in [0.1, 0.15) is 0 Å². The third-order valence-electron chi connectivity index (χ3n) is 10.2. The first-order chi connectivity index (χ1) is 26.7. The largest absolute Gasteiger partial charge is 0.381 e. The Balaban J connectivity index is 0. The van der Waals surface area contributed by atoms with Crippen LogP contribution in [0.25, 0.3) is 0 Å². The van der Waals surface area contributed by atoms with Crippen LogP contribution in [0.2, 0.25) is 65.5 Å². The maximum Gasteiger partial charge on any atom is 0.0843 e. The second-order valence-corrected chi connectivity index (χ2v) is 48.1. The van der Waals surface area contributed by atoms with Crippen LogP contribution in [-0.4, -0.2) is 58.1 Å². The first kappa shape index (κ1) is 64.4. The molecule has 0 amide bonds. The molecule has 10 heteroatoms. The molecule has 0 spiro atoms. The van der Waals surface area contributed by atoms with Crippen molar-refractivity contribution >= 4 is 58.5 Å². The van der Waals surface area contributed by atoms with E-state index < -0.39 is 31.6 Å². The Hall–Kier alpha value is 2.30. The molecule has 2 nitrogen and oxygen atoms in total. The Morgan fingerprint density at radius 2 is 0.583 bits per heavy atom. The van der Waals surface area contributed by atoms with Crippen molar-refractivity contribution in [1.82, 2.24) is 0 Å². The molecule has 2 aromatic rings. The van der Waals surface area contributed by atoms with Crippen molar-refractivity contribution in [1.29, 1.82) is 0 Å². The summed E-state index contributed by atoms with van der Waals surface area (Å²) in [5.74, 6) is 12.2. The molecule has 2 heterocycles. The molecule has 2 aliphatic heterocycles. The molecule has 2 atom stereocenters. The van der Waals surface area contributed by atoms with Crippen LogP contribution in [0.1, 0.15) is 81.1 Å². The molecule has 0 bridgehead atoms. The first-order valence-corrected chi connectivity index (χ1v) is 39.1. The Kier molecular flexibility index (Phi) is 33.6. The van der Waals surface area contributed by atoms with Gasteiger partial charge in [-0.15, -0.1) is 32.4 Å². The normalized spacial score (nSPS) is 19.9. The van der Waals surface area contributed by atoms with Crippen molar-refractivity contribution in [2.24, 2.45) is 0 Å². The van der Waals surface area contributed by atoms with Gasteiger partial charge in [-0.3, -0.25) is 0 Å². The molecule has 4 fully saturated rings. The first-order valence-electron chi connectivity index (χ1n) is 21.7. The van der Waals surface area contributed by atoms with Gasteiger partial charge < -0.3 is 22.6 Å². The summed E-state index contributed by atoms with van der Waals surface area (Å²) in [6.45, 7) is 53.6. The Morgan fingerprint density at radius 1 is 0.383 bits per heavy atom. The third kappa shape index (κ3) is 26.0. The van der Waals surface area contributed by atoms with Gasteiger partial charge >= 0.3 is 0 Å². The van der Waals surface area contributed by atoms with Crippen LogP contribution < -0.4 is 10.6 Å². The van der Waals surface area contributed by atoms with E-state index in [1.54, 1.807) is 34.8 Å². The molecule has 12 radical (unpaired) electrons. The minimum absolute atomic E-state index is 0. The van der Waals surface area contributed by atoms with E-state index in [1.807, 2.05) is 0 Å². The standard InChI is InChI=1S/2C17H24PSi.2C4H8O.2C4H11Si.2Y/c2*1-12-13(2)15(4)17(14(12)3)19(5,6)18-16-10-8-7-9-11-16;2*1-2-4-5-3-1;2*1-5(2,3)4;;/h2*7-11,18H,1-6H3;2*1-4H2;2*1H2,2-4H3;;/q;;;;2*-1;;. The molecule has 0 N–H and O–H groups in total. The smallest absolute Gasteiger partial charge is 0.0843 e. The fourth-order valence-corrected chi connectivity index (χ4v) is 22.5. The summed E-state index contributed by atoms with van der Waals surface area (Å²) in [5, 5.41) is 3.02. The quantitative estimate of drug-likeness (QED) is 0.163. The van der Waals surface area contributed by atoms with Gasteiger partial charge in [0, 0.05) is 91.8 Å². The molecule has 332 valence electrons. The molecule has 0 aromatic heterocycles. The van der Waals surface area contributed by atoms with Gasteiger partial charge in [-0.1, -0.05) is 182 Å². The number of hydrogen-bond donors (Lipinski definition) is 0. The fraction of sp³-hybridized carbons (Fsp3) is 0.520. The van der Waals surface area contributed by atoms with E-state index in [-0.39, 0.29) is 65.4 Å². The molecule has 60 heavy (non-hydrogen) atoms. The topological polar surface area (TPSA) is 18.5 Å². The molecule has 6 rings (SSSR count). The zero-order valence-corrected chi connectivity index (χ0v) is 53.5. The van der Waals surface area contributed by atoms with E-state index in [1.165, 1.54) is 60.0 Å². The van der Waals surface area contributed by atoms with E-state index >= 15 is 0 Å². The van der Waals surface area contributed by atoms with Gasteiger partial charge in [0.2, 0.25) is 0 Å². The number of rotatable bonds is 6. The molecule has 2 aromatic carbocycles. The molecule has 4 aliphatic rings. The zero-order chi connectivity index (χ0) is 44.5. The van der Waals surface area contributed by atoms with E-state index in [0.717, 1.165) is 42.7 Å². The summed E-state index contributed by atoms with van der Waals surface area (Å²) >= 11 is 0. The Bertz CT molecular complexity index is 1190. The average molecular weight is 1070 g/mol. The Morgan fingerprint density at radius 3 is 0.750 bits per heavy atom. The molecule has 2 saturated carbocycles. The summed E-state index contributed by atoms with van der Waals surface area (Å²) in [6, 6.07) is 22.0. The summed E-state index contributed by atoms with van der Waals surface area (Å²) in [5.41, 5.74) is 3.40. The van der Waals surface area contributed by atoms with Crippen molar-refractivity contribution in [2.75, 3.05) is 26.4 Å². The fourth-order valence-electron chi connectivity index (χ4n) is 7.22. The van der Waals surface area contributed by atoms with Crippen molar-refractivity contribution in [3.05, 3.63) is 132 Å². The van der Waals surface area contributed by atoms with Crippen LogP contribution in [0.4, 0.5) is 0 Å². The summed E-state index contributed by atoms with van der Waals surface area (Å²) in [6.07, 6.45) is 5.11. The number of benzene rings is 2. The van der Waals surface area contributed by atoms with E-state index in [9.17, 15) is 0 Å². The van der Waals surface area contributed by atoms with Gasteiger partial charge in [0.25, 0.3) is 0 Å². The summed E-state index contributed by atoms with van der Waals surface area (Å²) in [4.78, 5) is 0. The van der Waals surface area contributed by atoms with Crippen LogP contribution in [0, 0.1) is 71.5 Å². The van der Waals surface area contributed by atoms with Gasteiger partial charge in [-0.2, -0.15) is 0 Å². The second kappa shape index (κ2) is 31.4. The maximum atomic E-state index is 4.94. The van der Waals surface area contributed by atoms with Crippen molar-refractivity contribution in [2.45, 2.75) is 147 Å². The maximum absolute atomic E-state index is 4.94. The average Bonchev–Trinajstić information content (AvgIpc) is 3.94.